The van der Waals surface area contributed by atoms with Crippen LogP contribution in [0.15, 0.2) is 21.1 Å². The maximum atomic E-state index is 5.74. The van der Waals surface area contributed by atoms with Crippen LogP contribution < -0.4 is 15.4 Å². The quantitative estimate of drug-likeness (QED) is 0.664. The van der Waals surface area contributed by atoms with Gasteiger partial charge in [0.15, 0.2) is 0 Å². The number of hydrogen-bond acceptors (Lipinski definition) is 4. The molecule has 1 saturated heterocycles. The van der Waals surface area contributed by atoms with Gasteiger partial charge in [-0.05, 0) is 35.0 Å². The van der Waals surface area contributed by atoms with E-state index in [1.807, 2.05) is 13.0 Å². The molecule has 0 saturated carbocycles. The molecule has 2 rings (SSSR count). The Labute approximate surface area is 143 Å². The summed E-state index contributed by atoms with van der Waals surface area (Å²) in [5, 5.41) is 6.89. The zero-order valence-electron chi connectivity index (χ0n) is 12.4. The molecule has 0 radical (unpaired) electrons. The zero-order chi connectivity index (χ0) is 15.1. The lowest BCUT2D eigenvalue weighted by molar-refractivity contribution is 0.241. The first kappa shape index (κ1) is 17.2. The molecule has 0 aromatic heterocycles. The Hall–Kier alpha value is -0.140. The van der Waals surface area contributed by atoms with E-state index in [-0.39, 0.29) is 0 Å². The normalized spacial score (nSPS) is 16.1. The van der Waals surface area contributed by atoms with Gasteiger partial charge in [0.05, 0.1) is 11.1 Å². The third-order valence-electron chi connectivity index (χ3n) is 3.50. The number of hydrogen-bond donors (Lipinski definition) is 2. The second-order valence-electron chi connectivity index (χ2n) is 5.08. The van der Waals surface area contributed by atoms with Crippen molar-refractivity contribution in [1.29, 1.82) is 0 Å². The lowest BCUT2D eigenvalue weighted by atomic mass is 10.2. The van der Waals surface area contributed by atoms with E-state index in [2.05, 4.69) is 53.5 Å². The van der Waals surface area contributed by atoms with Crippen LogP contribution in [0.5, 0.6) is 5.75 Å². The number of piperazine rings is 1. The Morgan fingerprint density at radius 1 is 1.29 bits per heavy atom. The molecule has 1 aliphatic rings. The second-order valence-corrected chi connectivity index (χ2v) is 6.85. The van der Waals surface area contributed by atoms with Gasteiger partial charge in [0, 0.05) is 55.8 Å². The summed E-state index contributed by atoms with van der Waals surface area (Å²) in [5.41, 5.74) is 1.18. The third-order valence-corrected chi connectivity index (χ3v) is 4.55. The van der Waals surface area contributed by atoms with Gasteiger partial charge in [0.2, 0.25) is 0 Å². The van der Waals surface area contributed by atoms with E-state index in [0.717, 1.165) is 60.5 Å². The summed E-state index contributed by atoms with van der Waals surface area (Å²) in [7, 11) is 0. The lowest BCUT2D eigenvalue weighted by Gasteiger charge is -2.27. The van der Waals surface area contributed by atoms with E-state index in [0.29, 0.717) is 6.61 Å². The Bertz CT molecular complexity index is 451. The van der Waals surface area contributed by atoms with Crippen molar-refractivity contribution in [2.75, 3.05) is 45.9 Å². The molecule has 0 amide bonds. The highest BCUT2D eigenvalue weighted by Crippen LogP contribution is 2.32. The van der Waals surface area contributed by atoms with Crippen molar-refractivity contribution in [3.63, 3.8) is 0 Å². The molecule has 1 aliphatic heterocycles. The van der Waals surface area contributed by atoms with Gasteiger partial charge >= 0.3 is 0 Å². The van der Waals surface area contributed by atoms with Crippen molar-refractivity contribution in [1.82, 2.24) is 15.5 Å². The minimum atomic E-state index is 0.675. The van der Waals surface area contributed by atoms with Gasteiger partial charge in [-0.2, -0.15) is 0 Å². The molecule has 6 heteroatoms. The lowest BCUT2D eigenvalue weighted by Crippen LogP contribution is -2.45. The van der Waals surface area contributed by atoms with Gasteiger partial charge in [-0.25, -0.2) is 0 Å². The molecule has 21 heavy (non-hydrogen) atoms. The molecule has 0 unspecified atom stereocenters. The molecule has 1 fully saturated rings. The summed E-state index contributed by atoms with van der Waals surface area (Å²) in [6.45, 7) is 10.1. The number of nitrogens with one attached hydrogen (secondary N) is 2. The highest BCUT2D eigenvalue weighted by Gasteiger charge is 2.11. The third kappa shape index (κ3) is 5.53. The fourth-order valence-corrected chi connectivity index (χ4v) is 3.87. The highest BCUT2D eigenvalue weighted by atomic mass is 79.9. The van der Waals surface area contributed by atoms with Crippen LogP contribution in [0.1, 0.15) is 12.5 Å². The van der Waals surface area contributed by atoms with Crippen molar-refractivity contribution in [3.05, 3.63) is 26.6 Å². The SMILES string of the molecule is CCOc1c(Br)cc(Br)cc1CNCCN1CCNCC1. The number of rotatable bonds is 7. The van der Waals surface area contributed by atoms with Crippen LogP contribution in [0.25, 0.3) is 0 Å². The molecule has 0 bridgehead atoms. The summed E-state index contributed by atoms with van der Waals surface area (Å²) in [5.74, 6) is 0.940. The highest BCUT2D eigenvalue weighted by molar-refractivity contribution is 9.11. The maximum absolute atomic E-state index is 5.74. The molecule has 0 atom stereocenters. The van der Waals surface area contributed by atoms with Crippen LogP contribution in [0, 0.1) is 0 Å². The standard InChI is InChI=1S/C15H23Br2N3O/c1-2-21-15-12(9-13(16)10-14(15)17)11-19-5-8-20-6-3-18-4-7-20/h9-10,18-19H,2-8,11H2,1H3. The van der Waals surface area contributed by atoms with E-state index >= 15 is 0 Å². The summed E-state index contributed by atoms with van der Waals surface area (Å²) < 4.78 is 7.81. The Morgan fingerprint density at radius 2 is 2.05 bits per heavy atom. The Morgan fingerprint density at radius 3 is 2.76 bits per heavy atom. The van der Waals surface area contributed by atoms with E-state index in [4.69, 9.17) is 4.74 Å². The number of nitrogens with zero attached hydrogens (tertiary/aromatic N) is 1. The average Bonchev–Trinajstić information content (AvgIpc) is 2.48. The molecular formula is C15H23Br2N3O. The van der Waals surface area contributed by atoms with Crippen LogP contribution >= 0.6 is 31.9 Å². The molecule has 1 heterocycles. The van der Waals surface area contributed by atoms with Crippen LogP contribution in [0.4, 0.5) is 0 Å². The van der Waals surface area contributed by atoms with Gasteiger partial charge in [-0.15, -0.1) is 0 Å². The van der Waals surface area contributed by atoms with E-state index in [1.54, 1.807) is 0 Å². The molecule has 1 aromatic carbocycles. The van der Waals surface area contributed by atoms with Crippen LogP contribution in [-0.2, 0) is 6.54 Å². The van der Waals surface area contributed by atoms with E-state index < -0.39 is 0 Å². The van der Waals surface area contributed by atoms with Crippen molar-refractivity contribution in [2.24, 2.45) is 0 Å². The van der Waals surface area contributed by atoms with Gasteiger partial charge < -0.3 is 15.4 Å². The number of ether oxygens (including phenoxy) is 1. The largest absolute Gasteiger partial charge is 0.492 e. The fraction of sp³-hybridized carbons (Fsp3) is 0.600. The van der Waals surface area contributed by atoms with Crippen molar-refractivity contribution < 1.29 is 4.74 Å². The fourth-order valence-electron chi connectivity index (χ4n) is 2.45. The maximum Gasteiger partial charge on any atom is 0.138 e. The molecule has 1 aromatic rings. The molecule has 0 aliphatic carbocycles. The summed E-state index contributed by atoms with van der Waals surface area (Å²) in [6, 6.07) is 4.14. The smallest absolute Gasteiger partial charge is 0.138 e. The van der Waals surface area contributed by atoms with Crippen LogP contribution in [-0.4, -0.2) is 50.8 Å². The van der Waals surface area contributed by atoms with Gasteiger partial charge in [0.1, 0.15) is 5.75 Å². The first-order valence-electron chi connectivity index (χ1n) is 7.45. The molecule has 2 N–H and O–H groups in total. The summed E-state index contributed by atoms with van der Waals surface area (Å²) >= 11 is 7.11. The Kier molecular flexibility index (Phi) is 7.46. The minimum absolute atomic E-state index is 0.675. The monoisotopic (exact) mass is 419 g/mol. The average molecular weight is 421 g/mol. The second kappa shape index (κ2) is 9.10. The molecule has 118 valence electrons. The Balaban J connectivity index is 1.84. The van der Waals surface area contributed by atoms with E-state index in [9.17, 15) is 0 Å². The van der Waals surface area contributed by atoms with Gasteiger partial charge in [-0.1, -0.05) is 15.9 Å². The van der Waals surface area contributed by atoms with Crippen molar-refractivity contribution >= 4 is 31.9 Å². The predicted molar refractivity (Wildman–Crippen MR) is 94.0 cm³/mol. The summed E-state index contributed by atoms with van der Waals surface area (Å²) in [4.78, 5) is 2.49. The topological polar surface area (TPSA) is 36.5 Å². The minimum Gasteiger partial charge on any atom is -0.492 e. The molecular weight excluding hydrogens is 398 g/mol. The molecule has 0 spiro atoms. The van der Waals surface area contributed by atoms with E-state index in [1.165, 1.54) is 5.56 Å². The van der Waals surface area contributed by atoms with Crippen molar-refractivity contribution in [2.45, 2.75) is 13.5 Å². The van der Waals surface area contributed by atoms with Gasteiger partial charge in [-0.3, -0.25) is 4.90 Å². The van der Waals surface area contributed by atoms with Gasteiger partial charge in [0.25, 0.3) is 0 Å². The number of halogens is 2. The zero-order valence-corrected chi connectivity index (χ0v) is 15.6. The summed E-state index contributed by atoms with van der Waals surface area (Å²) in [6.07, 6.45) is 0. The number of benzene rings is 1. The van der Waals surface area contributed by atoms with Crippen LogP contribution in [0.2, 0.25) is 0 Å². The predicted octanol–water partition coefficient (Wildman–Crippen LogP) is 2.61. The first-order valence-corrected chi connectivity index (χ1v) is 9.04. The van der Waals surface area contributed by atoms with Crippen LogP contribution in [0.3, 0.4) is 0 Å². The first-order chi connectivity index (χ1) is 10.2. The molecule has 4 nitrogen and oxygen atoms in total. The van der Waals surface area contributed by atoms with Crippen molar-refractivity contribution in [3.8, 4) is 5.75 Å².